The van der Waals surface area contributed by atoms with Crippen molar-refractivity contribution in [3.05, 3.63) is 38.4 Å². The number of benzene rings is 1. The molecule has 0 saturated carbocycles. The van der Waals surface area contributed by atoms with Crippen molar-refractivity contribution in [2.75, 3.05) is 5.73 Å². The second-order valence-corrected chi connectivity index (χ2v) is 7.93. The van der Waals surface area contributed by atoms with Crippen molar-refractivity contribution < 1.29 is 0 Å². The zero-order valence-electron chi connectivity index (χ0n) is 12.2. The smallest absolute Gasteiger partial charge is 0.141 e. The van der Waals surface area contributed by atoms with Crippen LogP contribution in [0.1, 0.15) is 32.0 Å². The molecule has 2 N–H and O–H groups in total. The number of hydrogen-bond donors (Lipinski definition) is 1. The predicted molar refractivity (Wildman–Crippen MR) is 91.3 cm³/mol. The number of aromatic nitrogens is 2. The van der Waals surface area contributed by atoms with Crippen LogP contribution in [-0.2, 0) is 6.42 Å². The summed E-state index contributed by atoms with van der Waals surface area (Å²) in [7, 11) is 0. The summed E-state index contributed by atoms with van der Waals surface area (Å²) < 4.78 is 3.76. The van der Waals surface area contributed by atoms with Crippen LogP contribution in [0.5, 0.6) is 0 Å². The van der Waals surface area contributed by atoms with Gasteiger partial charge in [0.25, 0.3) is 0 Å². The molecule has 0 saturated heterocycles. The van der Waals surface area contributed by atoms with Gasteiger partial charge in [0.2, 0.25) is 0 Å². The molecule has 0 aliphatic rings. The Bertz CT molecular complexity index is 639. The highest BCUT2D eigenvalue weighted by atomic mass is 79.9. The highest BCUT2D eigenvalue weighted by molar-refractivity contribution is 9.11. The first kappa shape index (κ1) is 15.6. The van der Waals surface area contributed by atoms with Crippen LogP contribution in [0.25, 0.3) is 5.69 Å². The number of rotatable bonds is 2. The van der Waals surface area contributed by atoms with Gasteiger partial charge in [-0.05, 0) is 58.5 Å². The van der Waals surface area contributed by atoms with E-state index in [1.807, 2.05) is 16.8 Å². The molecule has 0 aliphatic carbocycles. The quantitative estimate of drug-likeness (QED) is 0.780. The Morgan fingerprint density at radius 3 is 2.45 bits per heavy atom. The summed E-state index contributed by atoms with van der Waals surface area (Å²) in [6.45, 7) is 8.64. The molecule has 0 spiro atoms. The van der Waals surface area contributed by atoms with Crippen molar-refractivity contribution >= 4 is 37.7 Å². The number of hydrogen-bond acceptors (Lipinski definition) is 2. The topological polar surface area (TPSA) is 43.8 Å². The summed E-state index contributed by atoms with van der Waals surface area (Å²) in [6.07, 6.45) is 0.875. The van der Waals surface area contributed by atoms with E-state index in [1.54, 1.807) is 0 Å². The van der Waals surface area contributed by atoms with Gasteiger partial charge in [-0.2, -0.15) is 5.10 Å². The maximum absolute atomic E-state index is 6.20. The van der Waals surface area contributed by atoms with E-state index in [-0.39, 0.29) is 5.41 Å². The maximum atomic E-state index is 6.20. The minimum atomic E-state index is 0.170. The lowest BCUT2D eigenvalue weighted by Crippen LogP contribution is -2.10. The third-order valence-electron chi connectivity index (χ3n) is 3.01. The fraction of sp³-hybridized carbons (Fsp3) is 0.400. The number of aryl methyl sites for hydroxylation is 1. The summed E-state index contributed by atoms with van der Waals surface area (Å²) in [5.74, 6) is 0.648. The van der Waals surface area contributed by atoms with E-state index in [0.717, 1.165) is 32.3 Å². The molecule has 1 aromatic heterocycles. The van der Waals surface area contributed by atoms with Crippen LogP contribution < -0.4 is 5.73 Å². The van der Waals surface area contributed by atoms with Gasteiger partial charge < -0.3 is 5.73 Å². The normalized spacial score (nSPS) is 11.9. The van der Waals surface area contributed by atoms with Crippen LogP contribution in [0, 0.1) is 12.3 Å². The van der Waals surface area contributed by atoms with Crippen molar-refractivity contribution in [2.24, 2.45) is 5.41 Å². The Morgan fingerprint density at radius 2 is 1.90 bits per heavy atom. The number of nitrogens with two attached hydrogens (primary N) is 1. The van der Waals surface area contributed by atoms with Gasteiger partial charge >= 0.3 is 0 Å². The maximum Gasteiger partial charge on any atom is 0.141 e. The lowest BCUT2D eigenvalue weighted by molar-refractivity contribution is 0.404. The first-order chi connectivity index (χ1) is 9.19. The van der Waals surface area contributed by atoms with Crippen LogP contribution in [0.3, 0.4) is 0 Å². The molecule has 0 bridgehead atoms. The number of anilines is 1. The van der Waals surface area contributed by atoms with Gasteiger partial charge in [0, 0.05) is 4.47 Å². The molecule has 1 heterocycles. The van der Waals surface area contributed by atoms with E-state index in [2.05, 4.69) is 70.7 Å². The lowest BCUT2D eigenvalue weighted by Gasteiger charge is -2.16. The van der Waals surface area contributed by atoms with Crippen molar-refractivity contribution in [1.82, 2.24) is 9.78 Å². The van der Waals surface area contributed by atoms with E-state index in [0.29, 0.717) is 5.82 Å². The molecule has 2 aromatic rings. The van der Waals surface area contributed by atoms with E-state index in [9.17, 15) is 0 Å². The fourth-order valence-electron chi connectivity index (χ4n) is 2.11. The molecule has 3 nitrogen and oxygen atoms in total. The van der Waals surface area contributed by atoms with E-state index in [1.165, 1.54) is 0 Å². The molecule has 108 valence electrons. The molecule has 0 amide bonds. The lowest BCUT2D eigenvalue weighted by atomic mass is 9.91. The van der Waals surface area contributed by atoms with Gasteiger partial charge in [-0.3, -0.25) is 0 Å². The average Bonchev–Trinajstić information content (AvgIpc) is 2.56. The summed E-state index contributed by atoms with van der Waals surface area (Å²) >= 11 is 7.05. The van der Waals surface area contributed by atoms with Gasteiger partial charge in [-0.15, -0.1) is 0 Å². The molecule has 0 radical (unpaired) electrons. The molecule has 1 aromatic carbocycles. The van der Waals surface area contributed by atoms with Crippen molar-refractivity contribution in [1.29, 1.82) is 0 Å². The second kappa shape index (κ2) is 5.53. The number of halogens is 2. The largest absolute Gasteiger partial charge is 0.383 e. The highest BCUT2D eigenvalue weighted by Gasteiger charge is 2.20. The molecule has 0 aliphatic heterocycles. The Labute approximate surface area is 136 Å². The minimum absolute atomic E-state index is 0.170. The average molecular weight is 401 g/mol. The Morgan fingerprint density at radius 1 is 1.25 bits per heavy atom. The SMILES string of the molecule is Cc1cc(Br)ccc1-n1nc(CC(C)(C)C)c(Br)c1N. The zero-order valence-corrected chi connectivity index (χ0v) is 15.3. The second-order valence-electron chi connectivity index (χ2n) is 6.23. The standard InChI is InChI=1S/C15H19Br2N3/c1-9-7-10(16)5-6-12(9)20-14(18)13(17)11(19-20)8-15(2,3)4/h5-7H,8,18H2,1-4H3. The van der Waals surface area contributed by atoms with Crippen molar-refractivity contribution in [3.63, 3.8) is 0 Å². The fourth-order valence-corrected chi connectivity index (χ4v) is 2.98. The summed E-state index contributed by atoms with van der Waals surface area (Å²) in [5, 5.41) is 4.68. The molecule has 0 atom stereocenters. The van der Waals surface area contributed by atoms with Gasteiger partial charge in [0.15, 0.2) is 0 Å². The highest BCUT2D eigenvalue weighted by Crippen LogP contribution is 2.32. The number of nitrogens with zero attached hydrogens (tertiary/aromatic N) is 2. The molecule has 0 unspecified atom stereocenters. The first-order valence-electron chi connectivity index (χ1n) is 6.48. The third kappa shape index (κ3) is 3.26. The van der Waals surface area contributed by atoms with Crippen LogP contribution in [0.15, 0.2) is 27.1 Å². The zero-order chi connectivity index (χ0) is 15.1. The third-order valence-corrected chi connectivity index (χ3v) is 4.37. The van der Waals surface area contributed by atoms with E-state index in [4.69, 9.17) is 5.73 Å². The molecule has 5 heteroatoms. The van der Waals surface area contributed by atoms with Gasteiger partial charge in [0.05, 0.1) is 15.9 Å². The summed E-state index contributed by atoms with van der Waals surface area (Å²) in [4.78, 5) is 0. The molecule has 0 fully saturated rings. The Kier molecular flexibility index (Phi) is 4.30. The van der Waals surface area contributed by atoms with Crippen LogP contribution in [0.4, 0.5) is 5.82 Å². The molecular weight excluding hydrogens is 382 g/mol. The van der Waals surface area contributed by atoms with Gasteiger partial charge in [-0.1, -0.05) is 36.7 Å². The van der Waals surface area contributed by atoms with Gasteiger partial charge in [-0.25, -0.2) is 4.68 Å². The monoisotopic (exact) mass is 399 g/mol. The van der Waals surface area contributed by atoms with E-state index >= 15 is 0 Å². The van der Waals surface area contributed by atoms with Crippen molar-refractivity contribution in [2.45, 2.75) is 34.1 Å². The predicted octanol–water partition coefficient (Wildman–Crippen LogP) is 4.88. The summed E-state index contributed by atoms with van der Waals surface area (Å²) in [6, 6.07) is 6.09. The molecule has 20 heavy (non-hydrogen) atoms. The number of nitrogen functional groups attached to an aromatic ring is 1. The molecule has 2 rings (SSSR count). The summed E-state index contributed by atoms with van der Waals surface area (Å²) in [5.41, 5.74) is 9.50. The minimum Gasteiger partial charge on any atom is -0.383 e. The van der Waals surface area contributed by atoms with Crippen LogP contribution >= 0.6 is 31.9 Å². The van der Waals surface area contributed by atoms with E-state index < -0.39 is 0 Å². The van der Waals surface area contributed by atoms with Gasteiger partial charge in [0.1, 0.15) is 5.82 Å². The Hall–Kier alpha value is -0.810. The Balaban J connectivity index is 2.50. The first-order valence-corrected chi connectivity index (χ1v) is 8.07. The molecular formula is C15H19Br2N3. The van der Waals surface area contributed by atoms with Crippen LogP contribution in [-0.4, -0.2) is 9.78 Å². The van der Waals surface area contributed by atoms with Crippen molar-refractivity contribution in [3.8, 4) is 5.69 Å². The van der Waals surface area contributed by atoms with Crippen LogP contribution in [0.2, 0.25) is 0 Å².